The van der Waals surface area contributed by atoms with Crippen molar-refractivity contribution in [3.63, 3.8) is 0 Å². The lowest BCUT2D eigenvalue weighted by Crippen LogP contribution is -2.36. The zero-order valence-corrected chi connectivity index (χ0v) is 10.3. The molecule has 2 aliphatic heterocycles. The Bertz CT molecular complexity index is 489. The van der Waals surface area contributed by atoms with Crippen molar-refractivity contribution in [3.05, 3.63) is 16.0 Å². The van der Waals surface area contributed by atoms with E-state index in [4.69, 9.17) is 9.47 Å². The van der Waals surface area contributed by atoms with Gasteiger partial charge in [0.1, 0.15) is 0 Å². The molecule has 0 radical (unpaired) electrons. The zero-order valence-electron chi connectivity index (χ0n) is 9.49. The quantitative estimate of drug-likeness (QED) is 0.765. The third-order valence-electron chi connectivity index (χ3n) is 3.74. The molecule has 0 unspecified atom stereocenters. The molecule has 1 aliphatic carbocycles. The number of ether oxygens (including phenoxy) is 2. The molecule has 4 nitrogen and oxygen atoms in total. The number of hydrogen-bond acceptors (Lipinski definition) is 5. The molecule has 1 aromatic heterocycles. The molecule has 3 heterocycles. The van der Waals surface area contributed by atoms with Crippen molar-refractivity contribution in [3.8, 4) is 0 Å². The fourth-order valence-corrected chi connectivity index (χ4v) is 4.21. The van der Waals surface area contributed by atoms with Crippen molar-refractivity contribution in [2.24, 2.45) is 4.99 Å². The van der Waals surface area contributed by atoms with Gasteiger partial charge in [0.05, 0.1) is 31.1 Å². The van der Waals surface area contributed by atoms with Gasteiger partial charge >= 0.3 is 0 Å². The van der Waals surface area contributed by atoms with Crippen LogP contribution in [-0.2, 0) is 28.9 Å². The predicted molar refractivity (Wildman–Crippen MR) is 66.8 cm³/mol. The Balaban J connectivity index is 1.72. The van der Waals surface area contributed by atoms with E-state index in [-0.39, 0.29) is 5.79 Å². The van der Waals surface area contributed by atoms with E-state index in [1.165, 1.54) is 21.0 Å². The maximum Gasteiger partial charge on any atom is 0.173 e. The van der Waals surface area contributed by atoms with Crippen LogP contribution in [0.2, 0.25) is 0 Å². The molecule has 0 amide bonds. The number of fused-ring (bicyclic) bond motifs is 3. The Morgan fingerprint density at radius 3 is 3.06 bits per heavy atom. The highest BCUT2D eigenvalue weighted by Gasteiger charge is 2.41. The van der Waals surface area contributed by atoms with Gasteiger partial charge in [-0.15, -0.1) is 11.3 Å². The van der Waals surface area contributed by atoms with E-state index in [2.05, 4.69) is 10.3 Å². The van der Waals surface area contributed by atoms with E-state index in [1.807, 2.05) is 11.3 Å². The van der Waals surface area contributed by atoms with Crippen molar-refractivity contribution in [2.75, 3.05) is 18.5 Å². The van der Waals surface area contributed by atoms with E-state index < -0.39 is 0 Å². The number of nitrogens with one attached hydrogen (secondary N) is 1. The summed E-state index contributed by atoms with van der Waals surface area (Å²) in [5, 5.41) is 4.51. The zero-order chi connectivity index (χ0) is 11.3. The molecule has 4 rings (SSSR count). The highest BCUT2D eigenvalue weighted by Crippen LogP contribution is 2.44. The van der Waals surface area contributed by atoms with Crippen LogP contribution in [0.15, 0.2) is 4.99 Å². The topological polar surface area (TPSA) is 42.9 Å². The molecule has 1 fully saturated rings. The van der Waals surface area contributed by atoms with Crippen LogP contribution in [0, 0.1) is 0 Å². The Morgan fingerprint density at radius 1 is 1.29 bits per heavy atom. The van der Waals surface area contributed by atoms with Crippen molar-refractivity contribution < 1.29 is 9.47 Å². The number of hydrogen-bond donors (Lipinski definition) is 1. The van der Waals surface area contributed by atoms with Gasteiger partial charge in [0.2, 0.25) is 0 Å². The number of anilines is 1. The second-order valence-corrected chi connectivity index (χ2v) is 5.82. The van der Waals surface area contributed by atoms with Crippen LogP contribution in [0.1, 0.15) is 22.4 Å². The molecular formula is C12H14N2O2S. The second kappa shape index (κ2) is 3.54. The largest absolute Gasteiger partial charge is 0.347 e. The summed E-state index contributed by atoms with van der Waals surface area (Å²) in [5.74, 6) is -0.318. The molecule has 0 bridgehead atoms. The van der Waals surface area contributed by atoms with Gasteiger partial charge in [-0.2, -0.15) is 0 Å². The van der Waals surface area contributed by atoms with Gasteiger partial charge in [0.15, 0.2) is 5.79 Å². The molecule has 1 saturated heterocycles. The smallest absolute Gasteiger partial charge is 0.173 e. The molecule has 1 aromatic rings. The van der Waals surface area contributed by atoms with E-state index in [0.29, 0.717) is 0 Å². The van der Waals surface area contributed by atoms with Crippen LogP contribution in [-0.4, -0.2) is 25.3 Å². The lowest BCUT2D eigenvalue weighted by Gasteiger charge is -2.31. The van der Waals surface area contributed by atoms with Gasteiger partial charge in [-0.3, -0.25) is 4.99 Å². The van der Waals surface area contributed by atoms with Crippen LogP contribution in [0.4, 0.5) is 5.00 Å². The fourth-order valence-electron chi connectivity index (χ4n) is 2.90. The first kappa shape index (κ1) is 10.1. The first-order valence-electron chi connectivity index (χ1n) is 6.02. The molecule has 0 aromatic carbocycles. The molecule has 90 valence electrons. The van der Waals surface area contributed by atoms with Gasteiger partial charge in [0, 0.05) is 23.3 Å². The third-order valence-corrected chi connectivity index (χ3v) is 4.94. The Labute approximate surface area is 104 Å². The minimum atomic E-state index is -0.318. The van der Waals surface area contributed by atoms with E-state index >= 15 is 0 Å². The standard InChI is InChI=1S/C12H14N2O2S/c1-2-12(15-3-4-16-12)5-10-8(1)9-6-13-7-14-11(9)17-10/h7H,1-6H2,(H,13,14). The second-order valence-electron chi connectivity index (χ2n) is 4.71. The molecule has 5 heteroatoms. The predicted octanol–water partition coefficient (Wildman–Crippen LogP) is 1.93. The number of thiophene rings is 1. The molecule has 0 saturated carbocycles. The van der Waals surface area contributed by atoms with Crippen molar-refractivity contribution in [2.45, 2.75) is 31.6 Å². The third kappa shape index (κ3) is 1.46. The van der Waals surface area contributed by atoms with Crippen LogP contribution >= 0.6 is 11.3 Å². The Kier molecular flexibility index (Phi) is 2.09. The first-order valence-corrected chi connectivity index (χ1v) is 6.84. The normalized spacial score (nSPS) is 24.5. The lowest BCUT2D eigenvalue weighted by molar-refractivity contribution is -0.163. The maximum atomic E-state index is 5.80. The van der Waals surface area contributed by atoms with Crippen LogP contribution in [0.5, 0.6) is 0 Å². The van der Waals surface area contributed by atoms with E-state index in [0.717, 1.165) is 39.0 Å². The summed E-state index contributed by atoms with van der Waals surface area (Å²) in [6.45, 7) is 2.30. The molecule has 1 N–H and O–H groups in total. The van der Waals surface area contributed by atoms with Crippen LogP contribution in [0.3, 0.4) is 0 Å². The Morgan fingerprint density at radius 2 is 2.18 bits per heavy atom. The van der Waals surface area contributed by atoms with Crippen molar-refractivity contribution >= 4 is 22.7 Å². The molecule has 3 aliphatic rings. The Hall–Kier alpha value is -0.910. The summed E-state index contributed by atoms with van der Waals surface area (Å²) in [7, 11) is 0. The minimum Gasteiger partial charge on any atom is -0.347 e. The monoisotopic (exact) mass is 250 g/mol. The van der Waals surface area contributed by atoms with Crippen LogP contribution in [0.25, 0.3) is 0 Å². The highest BCUT2D eigenvalue weighted by molar-refractivity contribution is 7.16. The molecule has 1 spiro atoms. The summed E-state index contributed by atoms with van der Waals surface area (Å²) in [6, 6.07) is 0. The van der Waals surface area contributed by atoms with E-state index in [1.54, 1.807) is 6.34 Å². The fraction of sp³-hybridized carbons (Fsp3) is 0.583. The lowest BCUT2D eigenvalue weighted by atomic mass is 9.90. The van der Waals surface area contributed by atoms with Crippen molar-refractivity contribution in [1.29, 1.82) is 0 Å². The van der Waals surface area contributed by atoms with Gasteiger partial charge in [0.25, 0.3) is 0 Å². The average Bonchev–Trinajstić information content (AvgIpc) is 2.93. The summed E-state index contributed by atoms with van der Waals surface area (Å²) < 4.78 is 11.6. The summed E-state index contributed by atoms with van der Waals surface area (Å²) in [4.78, 5) is 5.71. The van der Waals surface area contributed by atoms with Gasteiger partial charge in [-0.1, -0.05) is 0 Å². The molecular weight excluding hydrogens is 236 g/mol. The number of aliphatic imine (C=N–C) groups is 1. The maximum absolute atomic E-state index is 5.80. The highest BCUT2D eigenvalue weighted by atomic mass is 32.1. The minimum absolute atomic E-state index is 0.318. The van der Waals surface area contributed by atoms with E-state index in [9.17, 15) is 0 Å². The number of rotatable bonds is 0. The summed E-state index contributed by atoms with van der Waals surface area (Å²) in [6.07, 6.45) is 4.73. The van der Waals surface area contributed by atoms with Crippen molar-refractivity contribution in [1.82, 2.24) is 0 Å². The van der Waals surface area contributed by atoms with Crippen LogP contribution < -0.4 is 5.32 Å². The van der Waals surface area contributed by atoms with Gasteiger partial charge in [-0.25, -0.2) is 0 Å². The van der Waals surface area contributed by atoms with Gasteiger partial charge < -0.3 is 14.8 Å². The summed E-state index contributed by atoms with van der Waals surface area (Å²) in [5.41, 5.74) is 2.87. The molecule has 17 heavy (non-hydrogen) atoms. The average molecular weight is 250 g/mol. The van der Waals surface area contributed by atoms with Gasteiger partial charge in [-0.05, 0) is 12.0 Å². The SMILES string of the molecule is C1=NCc2c(sc3c2CCC2(C3)OCCO2)N1. The number of nitrogens with zero attached hydrogens (tertiary/aromatic N) is 1. The first-order chi connectivity index (χ1) is 8.36. The summed E-state index contributed by atoms with van der Waals surface area (Å²) >= 11 is 1.84. The molecule has 0 atom stereocenters.